The van der Waals surface area contributed by atoms with Gasteiger partial charge in [-0.25, -0.2) is 0 Å². The summed E-state index contributed by atoms with van der Waals surface area (Å²) in [5, 5.41) is 2.62. The molecular formula is C21H24N2O2S. The molecule has 0 saturated carbocycles. The fraction of sp³-hybridized carbons (Fsp3) is 0.333. The number of anilines is 1. The van der Waals surface area contributed by atoms with Crippen molar-refractivity contribution in [2.24, 2.45) is 0 Å². The first-order valence-corrected chi connectivity index (χ1v) is 10.1. The van der Waals surface area contributed by atoms with Crippen molar-refractivity contribution in [1.29, 1.82) is 0 Å². The molecule has 1 aliphatic rings. The summed E-state index contributed by atoms with van der Waals surface area (Å²) in [5.41, 5.74) is 4.47. The van der Waals surface area contributed by atoms with Crippen molar-refractivity contribution < 1.29 is 9.59 Å². The Labute approximate surface area is 159 Å². The summed E-state index contributed by atoms with van der Waals surface area (Å²) < 4.78 is 0. The number of thioether (sulfide) groups is 1. The van der Waals surface area contributed by atoms with Gasteiger partial charge in [-0.3, -0.25) is 9.59 Å². The minimum atomic E-state index is -0.413. The first-order valence-electron chi connectivity index (χ1n) is 8.85. The third-order valence-electron chi connectivity index (χ3n) is 4.83. The molecule has 2 amide bonds. The van der Waals surface area contributed by atoms with Crippen LogP contribution in [-0.4, -0.2) is 31.2 Å². The highest BCUT2D eigenvalue weighted by Crippen LogP contribution is 2.37. The van der Waals surface area contributed by atoms with Gasteiger partial charge in [0, 0.05) is 17.1 Å². The maximum Gasteiger partial charge on any atom is 0.249 e. The Kier molecular flexibility index (Phi) is 5.67. The molecule has 1 N–H and O–H groups in total. The Morgan fingerprint density at radius 3 is 2.69 bits per heavy atom. The zero-order valence-corrected chi connectivity index (χ0v) is 16.2. The first kappa shape index (κ1) is 18.5. The summed E-state index contributed by atoms with van der Waals surface area (Å²) in [6.07, 6.45) is 3.34. The van der Waals surface area contributed by atoms with Crippen LogP contribution in [0, 0.1) is 0 Å². The Bertz CT molecular complexity index is 819. The largest absolute Gasteiger partial charge is 0.347 e. The lowest BCUT2D eigenvalue weighted by molar-refractivity contribution is -0.121. The Balaban J connectivity index is 2.01. The van der Waals surface area contributed by atoms with Crippen LogP contribution in [0.3, 0.4) is 0 Å². The van der Waals surface area contributed by atoms with Gasteiger partial charge in [0.05, 0.1) is 0 Å². The highest BCUT2D eigenvalue weighted by molar-refractivity contribution is 7.98. The molecule has 0 aliphatic carbocycles. The lowest BCUT2D eigenvalue weighted by Crippen LogP contribution is -2.37. The predicted octanol–water partition coefficient (Wildman–Crippen LogP) is 4.05. The van der Waals surface area contributed by atoms with Gasteiger partial charge < -0.3 is 10.2 Å². The van der Waals surface area contributed by atoms with Gasteiger partial charge in [0.2, 0.25) is 12.3 Å². The number of amides is 2. The van der Waals surface area contributed by atoms with Crippen LogP contribution < -0.4 is 10.2 Å². The Morgan fingerprint density at radius 2 is 2.00 bits per heavy atom. The van der Waals surface area contributed by atoms with E-state index in [2.05, 4.69) is 61.8 Å². The molecule has 1 unspecified atom stereocenters. The van der Waals surface area contributed by atoms with Gasteiger partial charge in [0.1, 0.15) is 6.04 Å². The lowest BCUT2D eigenvalue weighted by Gasteiger charge is -2.23. The molecule has 5 heteroatoms. The number of hydrogen-bond donors (Lipinski definition) is 1. The van der Waals surface area contributed by atoms with Crippen LogP contribution in [0.25, 0.3) is 11.1 Å². The standard InChI is InChI=1S/C21H24N2O2S/c1-14(2)17-12-15(16-6-4-5-7-20(16)26-3)8-9-19(17)23-11-10-18(21(23)25)22-13-24/h4-9,12-14,18H,10-11H2,1-3H3,(H,22,24). The fourth-order valence-electron chi connectivity index (χ4n) is 3.47. The molecule has 0 spiro atoms. The molecule has 26 heavy (non-hydrogen) atoms. The summed E-state index contributed by atoms with van der Waals surface area (Å²) in [7, 11) is 0. The van der Waals surface area contributed by atoms with Gasteiger partial charge in [-0.1, -0.05) is 38.1 Å². The molecule has 1 atom stereocenters. The molecule has 1 aliphatic heterocycles. The molecule has 0 aromatic heterocycles. The maximum absolute atomic E-state index is 12.6. The summed E-state index contributed by atoms with van der Waals surface area (Å²) in [6, 6.07) is 14.3. The minimum absolute atomic E-state index is 0.0312. The van der Waals surface area contributed by atoms with Crippen LogP contribution in [0.15, 0.2) is 47.4 Å². The van der Waals surface area contributed by atoms with E-state index < -0.39 is 6.04 Å². The third kappa shape index (κ3) is 3.49. The average molecular weight is 369 g/mol. The second-order valence-electron chi connectivity index (χ2n) is 6.74. The van der Waals surface area contributed by atoms with Crippen LogP contribution in [-0.2, 0) is 9.59 Å². The molecular weight excluding hydrogens is 344 g/mol. The second-order valence-corrected chi connectivity index (χ2v) is 7.59. The van der Waals surface area contributed by atoms with E-state index in [1.165, 1.54) is 10.5 Å². The van der Waals surface area contributed by atoms with E-state index in [0.29, 0.717) is 19.4 Å². The van der Waals surface area contributed by atoms with E-state index in [0.717, 1.165) is 16.8 Å². The monoisotopic (exact) mass is 368 g/mol. The van der Waals surface area contributed by atoms with E-state index in [-0.39, 0.29) is 11.8 Å². The van der Waals surface area contributed by atoms with Crippen LogP contribution in [0.5, 0.6) is 0 Å². The van der Waals surface area contributed by atoms with Crippen molar-refractivity contribution in [3.8, 4) is 11.1 Å². The van der Waals surface area contributed by atoms with Crippen molar-refractivity contribution in [2.75, 3.05) is 17.7 Å². The smallest absolute Gasteiger partial charge is 0.249 e. The maximum atomic E-state index is 12.6. The normalized spacial score (nSPS) is 17.0. The average Bonchev–Trinajstić information content (AvgIpc) is 3.02. The van der Waals surface area contributed by atoms with Crippen molar-refractivity contribution in [3.63, 3.8) is 0 Å². The molecule has 136 valence electrons. The molecule has 3 rings (SSSR count). The highest BCUT2D eigenvalue weighted by Gasteiger charge is 2.33. The number of nitrogens with zero attached hydrogens (tertiary/aromatic N) is 1. The van der Waals surface area contributed by atoms with Crippen LogP contribution in [0.2, 0.25) is 0 Å². The summed E-state index contributed by atoms with van der Waals surface area (Å²) in [4.78, 5) is 26.4. The predicted molar refractivity (Wildman–Crippen MR) is 108 cm³/mol. The minimum Gasteiger partial charge on any atom is -0.347 e. The van der Waals surface area contributed by atoms with Gasteiger partial charge >= 0.3 is 0 Å². The number of carbonyl (C=O) groups is 2. The topological polar surface area (TPSA) is 49.4 Å². The van der Waals surface area contributed by atoms with Gasteiger partial charge in [-0.05, 0) is 53.5 Å². The SMILES string of the molecule is CSc1ccccc1-c1ccc(N2CCC(NC=O)C2=O)c(C(C)C)c1. The van der Waals surface area contributed by atoms with Crippen molar-refractivity contribution >= 4 is 29.8 Å². The fourth-order valence-corrected chi connectivity index (χ4v) is 4.09. The Morgan fingerprint density at radius 1 is 1.23 bits per heavy atom. The zero-order valence-electron chi connectivity index (χ0n) is 15.4. The molecule has 2 aromatic rings. The lowest BCUT2D eigenvalue weighted by atomic mass is 9.95. The summed E-state index contributed by atoms with van der Waals surface area (Å²) >= 11 is 1.73. The van der Waals surface area contributed by atoms with E-state index in [1.807, 2.05) is 6.07 Å². The summed E-state index contributed by atoms with van der Waals surface area (Å²) in [5.74, 6) is 0.258. The number of hydrogen-bond acceptors (Lipinski definition) is 3. The van der Waals surface area contributed by atoms with Crippen LogP contribution >= 0.6 is 11.8 Å². The molecule has 4 nitrogen and oxygen atoms in total. The van der Waals surface area contributed by atoms with Crippen molar-refractivity contribution in [3.05, 3.63) is 48.0 Å². The number of nitrogens with one attached hydrogen (secondary N) is 1. The number of carbonyl (C=O) groups excluding carboxylic acids is 2. The summed E-state index contributed by atoms with van der Waals surface area (Å²) in [6.45, 7) is 4.92. The van der Waals surface area contributed by atoms with Gasteiger partial charge in [-0.15, -0.1) is 11.8 Å². The second kappa shape index (κ2) is 7.96. The van der Waals surface area contributed by atoms with E-state index in [1.54, 1.807) is 16.7 Å². The molecule has 1 fully saturated rings. The number of benzene rings is 2. The number of rotatable bonds is 6. The Hall–Kier alpha value is -2.27. The molecule has 2 aromatic carbocycles. The van der Waals surface area contributed by atoms with E-state index in [9.17, 15) is 9.59 Å². The van der Waals surface area contributed by atoms with Gasteiger partial charge in [0.25, 0.3) is 0 Å². The molecule has 0 bridgehead atoms. The quantitative estimate of drug-likeness (QED) is 0.618. The highest BCUT2D eigenvalue weighted by atomic mass is 32.2. The van der Waals surface area contributed by atoms with E-state index >= 15 is 0 Å². The van der Waals surface area contributed by atoms with E-state index in [4.69, 9.17) is 0 Å². The third-order valence-corrected chi connectivity index (χ3v) is 5.63. The van der Waals surface area contributed by atoms with Crippen molar-refractivity contribution in [2.45, 2.75) is 37.1 Å². The zero-order chi connectivity index (χ0) is 18.7. The van der Waals surface area contributed by atoms with Crippen molar-refractivity contribution in [1.82, 2.24) is 5.32 Å². The molecule has 1 heterocycles. The first-order chi connectivity index (χ1) is 12.6. The van der Waals surface area contributed by atoms with Crippen LogP contribution in [0.4, 0.5) is 5.69 Å². The van der Waals surface area contributed by atoms with Gasteiger partial charge in [-0.2, -0.15) is 0 Å². The molecule has 0 radical (unpaired) electrons. The van der Waals surface area contributed by atoms with Gasteiger partial charge in [0.15, 0.2) is 0 Å². The molecule has 1 saturated heterocycles. The van der Waals surface area contributed by atoms with Crippen LogP contribution in [0.1, 0.15) is 31.7 Å².